The summed E-state index contributed by atoms with van der Waals surface area (Å²) in [7, 11) is 0. The van der Waals surface area contributed by atoms with E-state index in [2.05, 4.69) is 11.2 Å². The summed E-state index contributed by atoms with van der Waals surface area (Å²) in [5, 5.41) is 8.38. The van der Waals surface area contributed by atoms with Crippen molar-refractivity contribution in [3.8, 4) is 12.5 Å². The largest absolute Gasteiger partial charge is 0.382 e. The van der Waals surface area contributed by atoms with E-state index in [9.17, 15) is 4.79 Å². The van der Waals surface area contributed by atoms with Crippen LogP contribution in [0.4, 0.5) is 0 Å². The van der Waals surface area contributed by atoms with Crippen LogP contribution in [0, 0.1) is 12.5 Å². The van der Waals surface area contributed by atoms with Crippen LogP contribution in [0.5, 0.6) is 0 Å². The molecule has 1 N–H and O–H groups in total. The number of terminal acetylenes is 1. The Morgan fingerprint density at radius 3 is 2.62 bits per heavy atom. The average molecular weight is 114 g/mol. The first-order valence-corrected chi connectivity index (χ1v) is 2.03. The summed E-state index contributed by atoms with van der Waals surface area (Å²) in [6, 6.07) is 0. The lowest BCUT2D eigenvalue weighted by atomic mass is 10.4. The molecule has 1 unspecified atom stereocenters. The lowest BCUT2D eigenvalue weighted by Gasteiger charge is -1.95. The minimum atomic E-state index is -1.13. The van der Waals surface area contributed by atoms with Crippen LogP contribution in [0.15, 0.2) is 0 Å². The standard InChI is InChI=1S/C5H6O3/c1-3-8-5(7)4(2)6/h1,4,6H,2H3. The van der Waals surface area contributed by atoms with E-state index in [1.807, 2.05) is 0 Å². The number of aliphatic hydroxyl groups excluding tert-OH is 1. The number of hydrogen-bond donors (Lipinski definition) is 1. The maximum atomic E-state index is 10.1. The first-order chi connectivity index (χ1) is 3.68. The van der Waals surface area contributed by atoms with Crippen LogP contribution in [0.2, 0.25) is 0 Å². The second-order valence-electron chi connectivity index (χ2n) is 1.21. The van der Waals surface area contributed by atoms with Crippen molar-refractivity contribution in [2.45, 2.75) is 13.0 Å². The van der Waals surface area contributed by atoms with E-state index in [0.29, 0.717) is 0 Å². The Kier molecular flexibility index (Phi) is 2.67. The summed E-state index contributed by atoms with van der Waals surface area (Å²) in [4.78, 5) is 10.1. The van der Waals surface area contributed by atoms with Gasteiger partial charge in [-0.05, 0) is 6.92 Å². The third-order valence-corrected chi connectivity index (χ3v) is 0.501. The highest BCUT2D eigenvalue weighted by molar-refractivity contribution is 5.74. The molecule has 1 atom stereocenters. The summed E-state index contributed by atoms with van der Waals surface area (Å²) >= 11 is 0. The molecule has 3 heteroatoms. The van der Waals surface area contributed by atoms with Gasteiger partial charge in [0.15, 0.2) is 0 Å². The predicted octanol–water partition coefficient (Wildman–Crippen LogP) is -0.499. The molecular formula is C5H6O3. The molecule has 0 radical (unpaired) electrons. The molecule has 0 aromatic heterocycles. The lowest BCUT2D eigenvalue weighted by Crippen LogP contribution is -2.16. The molecule has 8 heavy (non-hydrogen) atoms. The van der Waals surface area contributed by atoms with E-state index in [4.69, 9.17) is 5.11 Å². The molecule has 0 saturated carbocycles. The van der Waals surface area contributed by atoms with Gasteiger partial charge < -0.3 is 9.84 Å². The summed E-state index contributed by atoms with van der Waals surface area (Å²) in [5.41, 5.74) is 0. The number of esters is 1. The van der Waals surface area contributed by atoms with Crippen molar-refractivity contribution >= 4 is 5.97 Å². The van der Waals surface area contributed by atoms with Crippen LogP contribution in [0.25, 0.3) is 0 Å². The average Bonchev–Trinajstić information content (AvgIpc) is 1.67. The number of rotatable bonds is 1. The molecule has 0 heterocycles. The molecule has 0 bridgehead atoms. The van der Waals surface area contributed by atoms with Gasteiger partial charge >= 0.3 is 5.97 Å². The highest BCUT2D eigenvalue weighted by Crippen LogP contribution is 1.82. The first-order valence-electron chi connectivity index (χ1n) is 2.03. The van der Waals surface area contributed by atoms with Gasteiger partial charge in [-0.15, -0.1) is 0 Å². The van der Waals surface area contributed by atoms with Crippen LogP contribution in [-0.2, 0) is 9.53 Å². The lowest BCUT2D eigenvalue weighted by molar-refractivity contribution is -0.145. The molecule has 0 spiro atoms. The normalized spacial score (nSPS) is 11.6. The Hall–Kier alpha value is -1.01. The number of aliphatic hydroxyl groups is 1. The first kappa shape index (κ1) is 6.99. The topological polar surface area (TPSA) is 46.5 Å². The van der Waals surface area contributed by atoms with Crippen molar-refractivity contribution < 1.29 is 14.6 Å². The molecule has 0 amide bonds. The van der Waals surface area contributed by atoms with Gasteiger partial charge in [-0.25, -0.2) is 4.79 Å². The Labute approximate surface area is 47.3 Å². The Balaban J connectivity index is 3.53. The molecule has 0 fully saturated rings. The number of ether oxygens (including phenoxy) is 1. The van der Waals surface area contributed by atoms with Gasteiger partial charge in [0.25, 0.3) is 0 Å². The Bertz CT molecular complexity index is 120. The summed E-state index contributed by atoms with van der Waals surface area (Å²) < 4.78 is 3.94. The van der Waals surface area contributed by atoms with Gasteiger partial charge in [0.05, 0.1) is 0 Å². The molecule has 44 valence electrons. The zero-order valence-electron chi connectivity index (χ0n) is 4.42. The molecule has 0 aromatic carbocycles. The fourth-order valence-electron chi connectivity index (χ4n) is 0.143. The maximum absolute atomic E-state index is 10.1. The quantitative estimate of drug-likeness (QED) is 0.369. The van der Waals surface area contributed by atoms with Crippen molar-refractivity contribution in [2.75, 3.05) is 0 Å². The molecule has 3 nitrogen and oxygen atoms in total. The van der Waals surface area contributed by atoms with Crippen molar-refractivity contribution in [1.82, 2.24) is 0 Å². The maximum Gasteiger partial charge on any atom is 0.348 e. The number of carbonyl (C=O) groups is 1. The highest BCUT2D eigenvalue weighted by atomic mass is 16.5. The van der Waals surface area contributed by atoms with Crippen LogP contribution in [0.1, 0.15) is 6.92 Å². The van der Waals surface area contributed by atoms with Crippen LogP contribution in [-0.4, -0.2) is 17.2 Å². The molecule has 0 aliphatic carbocycles. The van der Waals surface area contributed by atoms with Gasteiger partial charge in [-0.1, -0.05) is 6.42 Å². The highest BCUT2D eigenvalue weighted by Gasteiger charge is 2.07. The third-order valence-electron chi connectivity index (χ3n) is 0.501. The van der Waals surface area contributed by atoms with Crippen LogP contribution in [0.3, 0.4) is 0 Å². The van der Waals surface area contributed by atoms with E-state index in [1.54, 1.807) is 6.11 Å². The predicted molar refractivity (Wildman–Crippen MR) is 26.6 cm³/mol. The fraction of sp³-hybridized carbons (Fsp3) is 0.400. The third kappa shape index (κ3) is 2.21. The van der Waals surface area contributed by atoms with Gasteiger partial charge in [-0.2, -0.15) is 0 Å². The smallest absolute Gasteiger partial charge is 0.348 e. The summed E-state index contributed by atoms with van der Waals surface area (Å²) in [6.45, 7) is 1.28. The van der Waals surface area contributed by atoms with Gasteiger partial charge in [-0.3, -0.25) is 0 Å². The van der Waals surface area contributed by atoms with Crippen molar-refractivity contribution in [3.05, 3.63) is 0 Å². The Morgan fingerprint density at radius 1 is 2.00 bits per heavy atom. The Morgan fingerprint density at radius 2 is 2.50 bits per heavy atom. The second kappa shape index (κ2) is 3.05. The van der Waals surface area contributed by atoms with Crippen LogP contribution >= 0.6 is 0 Å². The van der Waals surface area contributed by atoms with Gasteiger partial charge in [0, 0.05) is 0 Å². The summed E-state index contributed by atoms with van der Waals surface area (Å²) in [5.74, 6) is -0.799. The molecule has 0 aliphatic rings. The van der Waals surface area contributed by atoms with E-state index >= 15 is 0 Å². The zero-order valence-corrected chi connectivity index (χ0v) is 4.42. The van der Waals surface area contributed by atoms with Crippen molar-refractivity contribution in [2.24, 2.45) is 0 Å². The molecule has 0 aliphatic heterocycles. The SMILES string of the molecule is C#COC(=O)C(C)O. The molecule has 0 saturated heterocycles. The minimum absolute atomic E-state index is 0.799. The zero-order chi connectivity index (χ0) is 6.57. The van der Waals surface area contributed by atoms with Crippen molar-refractivity contribution in [1.29, 1.82) is 0 Å². The fourth-order valence-corrected chi connectivity index (χ4v) is 0.143. The summed E-state index contributed by atoms with van der Waals surface area (Å²) in [6.07, 6.45) is 5.07. The van der Waals surface area contributed by atoms with Gasteiger partial charge in [0.2, 0.25) is 0 Å². The van der Waals surface area contributed by atoms with E-state index in [1.165, 1.54) is 6.92 Å². The number of carbonyl (C=O) groups excluding carboxylic acids is 1. The number of hydrogen-bond acceptors (Lipinski definition) is 3. The monoisotopic (exact) mass is 114 g/mol. The van der Waals surface area contributed by atoms with E-state index in [-0.39, 0.29) is 0 Å². The molecular weight excluding hydrogens is 108 g/mol. The van der Waals surface area contributed by atoms with Gasteiger partial charge in [0.1, 0.15) is 12.2 Å². The van der Waals surface area contributed by atoms with Crippen LogP contribution < -0.4 is 0 Å². The molecule has 0 aromatic rings. The van der Waals surface area contributed by atoms with E-state index < -0.39 is 12.1 Å². The second-order valence-corrected chi connectivity index (χ2v) is 1.21. The molecule has 0 rings (SSSR count). The minimum Gasteiger partial charge on any atom is -0.382 e. The van der Waals surface area contributed by atoms with Crippen molar-refractivity contribution in [3.63, 3.8) is 0 Å². The van der Waals surface area contributed by atoms with E-state index in [0.717, 1.165) is 0 Å².